The van der Waals surface area contributed by atoms with Crippen LogP contribution in [0.15, 0.2) is 53.4 Å². The van der Waals surface area contributed by atoms with E-state index >= 15 is 0 Å². The first-order chi connectivity index (χ1) is 15.4. The zero-order valence-corrected chi connectivity index (χ0v) is 21.0. The number of hydrogen-bond acceptors (Lipinski definition) is 4. The van der Waals surface area contributed by atoms with Gasteiger partial charge in [0.15, 0.2) is 0 Å². The largest absolute Gasteiger partial charge is 0.352 e. The van der Waals surface area contributed by atoms with Crippen molar-refractivity contribution in [2.45, 2.75) is 88.5 Å². The summed E-state index contributed by atoms with van der Waals surface area (Å²) in [5.74, 6) is -0.223. The van der Waals surface area contributed by atoms with Gasteiger partial charge in [-0.2, -0.15) is 4.31 Å². The van der Waals surface area contributed by atoms with E-state index in [-0.39, 0.29) is 34.5 Å². The monoisotopic (exact) mass is 469 g/mol. The molecule has 2 heterocycles. The molecule has 0 aromatic heterocycles. The van der Waals surface area contributed by atoms with Crippen molar-refractivity contribution in [1.29, 1.82) is 0 Å². The number of carbonyl (C=O) groups is 1. The quantitative estimate of drug-likeness (QED) is 0.718. The van der Waals surface area contributed by atoms with E-state index in [1.54, 1.807) is 24.3 Å². The van der Waals surface area contributed by atoms with E-state index in [9.17, 15) is 13.2 Å². The van der Waals surface area contributed by atoms with Gasteiger partial charge in [-0.25, -0.2) is 8.42 Å². The summed E-state index contributed by atoms with van der Waals surface area (Å²) in [6.07, 6.45) is 1.94. The van der Waals surface area contributed by atoms with Crippen molar-refractivity contribution >= 4 is 15.9 Å². The molecule has 2 aromatic carbocycles. The third-order valence-electron chi connectivity index (χ3n) is 6.67. The molecule has 1 amide bonds. The first kappa shape index (κ1) is 23.9. The predicted molar refractivity (Wildman–Crippen MR) is 130 cm³/mol. The molecule has 0 bridgehead atoms. The molecule has 178 valence electrons. The number of fused-ring (bicyclic) bond motifs is 1. The zero-order valence-electron chi connectivity index (χ0n) is 20.2. The van der Waals surface area contributed by atoms with Gasteiger partial charge < -0.3 is 10.6 Å². The first-order valence-electron chi connectivity index (χ1n) is 11.6. The summed E-state index contributed by atoms with van der Waals surface area (Å²) >= 11 is 0. The van der Waals surface area contributed by atoms with E-state index < -0.39 is 16.1 Å². The lowest BCUT2D eigenvalue weighted by Crippen LogP contribution is -2.63. The zero-order chi connectivity index (χ0) is 24.0. The van der Waals surface area contributed by atoms with E-state index in [4.69, 9.17) is 0 Å². The van der Waals surface area contributed by atoms with Crippen LogP contribution >= 0.6 is 0 Å². The molecule has 1 saturated heterocycles. The molecule has 2 aliphatic rings. The fraction of sp³-hybridized carbons (Fsp3) is 0.500. The van der Waals surface area contributed by atoms with Crippen molar-refractivity contribution in [3.05, 3.63) is 65.2 Å². The van der Waals surface area contributed by atoms with Gasteiger partial charge >= 0.3 is 0 Å². The molecule has 2 N–H and O–H groups in total. The lowest BCUT2D eigenvalue weighted by molar-refractivity contribution is -0.126. The normalized spacial score (nSPS) is 23.0. The Labute approximate surface area is 197 Å². The van der Waals surface area contributed by atoms with Gasteiger partial charge in [-0.15, -0.1) is 0 Å². The third-order valence-corrected chi connectivity index (χ3v) is 8.54. The topological polar surface area (TPSA) is 78.5 Å². The molecule has 0 aliphatic carbocycles. The van der Waals surface area contributed by atoms with Crippen LogP contribution in [0.25, 0.3) is 0 Å². The highest BCUT2D eigenvalue weighted by atomic mass is 32.2. The predicted octanol–water partition coefficient (Wildman–Crippen LogP) is 3.54. The Bertz CT molecular complexity index is 1120. The van der Waals surface area contributed by atoms with Gasteiger partial charge in [-0.3, -0.25) is 4.79 Å². The molecule has 0 saturated carbocycles. The van der Waals surface area contributed by atoms with Gasteiger partial charge in [0.05, 0.1) is 4.90 Å². The van der Waals surface area contributed by atoms with Crippen molar-refractivity contribution in [2.75, 3.05) is 0 Å². The Morgan fingerprint density at radius 3 is 2.15 bits per heavy atom. The second-order valence-electron chi connectivity index (χ2n) is 10.9. The van der Waals surface area contributed by atoms with Crippen molar-refractivity contribution in [1.82, 2.24) is 14.9 Å². The van der Waals surface area contributed by atoms with E-state index in [0.717, 1.165) is 29.5 Å². The minimum Gasteiger partial charge on any atom is -0.352 e. The minimum absolute atomic E-state index is 0.0233. The van der Waals surface area contributed by atoms with Crippen LogP contribution in [0.1, 0.15) is 57.2 Å². The molecular weight excluding hydrogens is 434 g/mol. The number of sulfonamides is 1. The molecule has 0 unspecified atom stereocenters. The number of nitrogens with one attached hydrogen (secondary N) is 2. The molecule has 7 heteroatoms. The standard InChI is InChI=1S/C26H35N3O3S/c1-18-10-12-22(13-11-18)33(31,32)29-17-20-9-7-6-8-19(20)14-23(29)24(30)27-21-15-25(2,3)28-26(4,5)16-21/h6-13,21,23,28H,14-17H2,1-5H3,(H,27,30)/t23-/m0/s1. The van der Waals surface area contributed by atoms with Gasteiger partial charge in [0.1, 0.15) is 6.04 Å². The number of piperidine rings is 1. The number of benzene rings is 2. The summed E-state index contributed by atoms with van der Waals surface area (Å²) in [6.45, 7) is 10.7. The summed E-state index contributed by atoms with van der Waals surface area (Å²) in [4.78, 5) is 13.8. The van der Waals surface area contributed by atoms with Crippen LogP contribution in [0.3, 0.4) is 0 Å². The average Bonchev–Trinajstić information content (AvgIpc) is 2.70. The van der Waals surface area contributed by atoms with Gasteiger partial charge in [-0.05, 0) is 77.1 Å². The fourth-order valence-corrected chi connectivity index (χ4v) is 7.11. The second-order valence-corrected chi connectivity index (χ2v) is 12.7. The summed E-state index contributed by atoms with van der Waals surface area (Å²) in [5, 5.41) is 6.84. The Hall–Kier alpha value is -2.22. The lowest BCUT2D eigenvalue weighted by Gasteiger charge is -2.47. The van der Waals surface area contributed by atoms with Gasteiger partial charge in [0.25, 0.3) is 0 Å². The van der Waals surface area contributed by atoms with Gasteiger partial charge in [0.2, 0.25) is 15.9 Å². The number of aryl methyl sites for hydroxylation is 1. The molecule has 0 radical (unpaired) electrons. The van der Waals surface area contributed by atoms with Crippen molar-refractivity contribution in [3.8, 4) is 0 Å². The molecule has 0 spiro atoms. The van der Waals surface area contributed by atoms with Crippen LogP contribution in [-0.4, -0.2) is 41.8 Å². The highest BCUT2D eigenvalue weighted by molar-refractivity contribution is 7.89. The highest BCUT2D eigenvalue weighted by Crippen LogP contribution is 2.31. The van der Waals surface area contributed by atoms with Crippen molar-refractivity contribution in [2.24, 2.45) is 0 Å². The molecule has 2 aliphatic heterocycles. The average molecular weight is 470 g/mol. The molecule has 2 aromatic rings. The first-order valence-corrected chi connectivity index (χ1v) is 13.1. The molecule has 1 fully saturated rings. The van der Waals surface area contributed by atoms with Crippen LogP contribution in [0.4, 0.5) is 0 Å². The van der Waals surface area contributed by atoms with E-state index in [0.29, 0.717) is 6.42 Å². The number of rotatable bonds is 4. The van der Waals surface area contributed by atoms with E-state index in [1.165, 1.54) is 4.31 Å². The number of carbonyl (C=O) groups excluding carboxylic acids is 1. The van der Waals surface area contributed by atoms with E-state index in [1.807, 2.05) is 31.2 Å². The second kappa shape index (κ2) is 8.53. The van der Waals surface area contributed by atoms with E-state index in [2.05, 4.69) is 38.3 Å². The molecule has 33 heavy (non-hydrogen) atoms. The molecule has 4 rings (SSSR count). The Balaban J connectivity index is 1.65. The molecular formula is C26H35N3O3S. The number of amides is 1. The van der Waals surface area contributed by atoms with Crippen LogP contribution in [-0.2, 0) is 27.8 Å². The third kappa shape index (κ3) is 5.15. The summed E-state index contributed by atoms with van der Waals surface area (Å²) in [6, 6.07) is 13.8. The molecule has 1 atom stereocenters. The van der Waals surface area contributed by atoms with Crippen LogP contribution in [0.5, 0.6) is 0 Å². The Kier molecular flexibility index (Phi) is 6.18. The highest BCUT2D eigenvalue weighted by Gasteiger charge is 2.42. The minimum atomic E-state index is -3.84. The van der Waals surface area contributed by atoms with Gasteiger partial charge in [-0.1, -0.05) is 42.0 Å². The van der Waals surface area contributed by atoms with Crippen molar-refractivity contribution < 1.29 is 13.2 Å². The molecule has 6 nitrogen and oxygen atoms in total. The summed E-state index contributed by atoms with van der Waals surface area (Å²) < 4.78 is 28.7. The Morgan fingerprint density at radius 2 is 1.55 bits per heavy atom. The maximum absolute atomic E-state index is 13.7. The smallest absolute Gasteiger partial charge is 0.244 e. The van der Waals surface area contributed by atoms with Crippen molar-refractivity contribution in [3.63, 3.8) is 0 Å². The summed E-state index contributed by atoms with van der Waals surface area (Å²) in [7, 11) is -3.84. The van der Waals surface area contributed by atoms with Gasteiger partial charge in [0, 0.05) is 23.7 Å². The van der Waals surface area contributed by atoms with Crippen LogP contribution in [0, 0.1) is 6.92 Å². The number of nitrogens with zero attached hydrogens (tertiary/aromatic N) is 1. The maximum atomic E-state index is 13.7. The SMILES string of the molecule is Cc1ccc(S(=O)(=O)N2Cc3ccccc3C[C@H]2C(=O)NC2CC(C)(C)NC(C)(C)C2)cc1. The van der Waals surface area contributed by atoms with Crippen LogP contribution < -0.4 is 10.6 Å². The Morgan fingerprint density at radius 1 is 0.970 bits per heavy atom. The number of hydrogen-bond donors (Lipinski definition) is 2. The maximum Gasteiger partial charge on any atom is 0.244 e. The lowest BCUT2D eigenvalue weighted by atomic mass is 9.79. The summed E-state index contributed by atoms with van der Waals surface area (Å²) in [5.41, 5.74) is 2.72. The van der Waals surface area contributed by atoms with Crippen LogP contribution in [0.2, 0.25) is 0 Å². The fourth-order valence-electron chi connectivity index (χ4n) is 5.54.